The lowest BCUT2D eigenvalue weighted by Crippen LogP contribution is -2.34. The Bertz CT molecular complexity index is 948. The summed E-state index contributed by atoms with van der Waals surface area (Å²) in [6, 6.07) is 0. The van der Waals surface area contributed by atoms with Crippen molar-refractivity contribution in [3.63, 3.8) is 0 Å². The number of amides is 1. The van der Waals surface area contributed by atoms with Crippen LogP contribution >= 0.6 is 23.1 Å². The molecule has 2 aromatic heterocycles. The van der Waals surface area contributed by atoms with Crippen molar-refractivity contribution in [1.82, 2.24) is 14.5 Å². The molecule has 1 aliphatic rings. The first-order valence-corrected chi connectivity index (χ1v) is 11.3. The maximum Gasteiger partial charge on any atom is 0.263 e. The van der Waals surface area contributed by atoms with Crippen LogP contribution in [0.4, 0.5) is 0 Å². The molecule has 0 atom stereocenters. The molecule has 0 N–H and O–H groups in total. The number of thiophene rings is 1. The number of hydrogen-bond donors (Lipinski definition) is 0. The van der Waals surface area contributed by atoms with Crippen LogP contribution in [0.3, 0.4) is 0 Å². The summed E-state index contributed by atoms with van der Waals surface area (Å²) in [5.74, 6) is 0.272. The summed E-state index contributed by atoms with van der Waals surface area (Å²) in [6.45, 7) is 9.81. The summed E-state index contributed by atoms with van der Waals surface area (Å²) >= 11 is 2.95. The third-order valence-electron chi connectivity index (χ3n) is 4.83. The lowest BCUT2D eigenvalue weighted by molar-refractivity contribution is -0.127. The van der Waals surface area contributed by atoms with Crippen LogP contribution in [0.5, 0.6) is 0 Å². The summed E-state index contributed by atoms with van der Waals surface area (Å²) in [5.41, 5.74) is 2.12. The minimum Gasteiger partial charge on any atom is -0.383 e. The van der Waals surface area contributed by atoms with Crippen LogP contribution in [0.2, 0.25) is 0 Å². The molecule has 2 aromatic rings. The highest BCUT2D eigenvalue weighted by Crippen LogP contribution is 2.35. The molecular formula is C20H27N3O3S2. The average Bonchev–Trinajstić information content (AvgIpc) is 3.24. The van der Waals surface area contributed by atoms with Gasteiger partial charge >= 0.3 is 0 Å². The fourth-order valence-electron chi connectivity index (χ4n) is 3.47. The first-order chi connectivity index (χ1) is 13.5. The summed E-state index contributed by atoms with van der Waals surface area (Å²) < 4.78 is 6.86. The SMILES string of the molecule is C=C(C)CN(CC)C(=O)CSc1nc2sc3c(c2c(=O)n1CCOC)CCC3. The molecule has 1 amide bonds. The predicted octanol–water partition coefficient (Wildman–Crippen LogP) is 3.11. The third-order valence-corrected chi connectivity index (χ3v) is 6.98. The monoisotopic (exact) mass is 421 g/mol. The normalized spacial score (nSPS) is 13.1. The van der Waals surface area contributed by atoms with E-state index in [1.54, 1.807) is 27.9 Å². The number of thioether (sulfide) groups is 1. The largest absolute Gasteiger partial charge is 0.383 e. The molecule has 1 aliphatic carbocycles. The lowest BCUT2D eigenvalue weighted by atomic mass is 10.2. The predicted molar refractivity (Wildman–Crippen MR) is 116 cm³/mol. The number of rotatable bonds is 9. The summed E-state index contributed by atoms with van der Waals surface area (Å²) in [5, 5.41) is 1.36. The summed E-state index contributed by atoms with van der Waals surface area (Å²) in [4.78, 5) is 34.4. The molecule has 0 bridgehead atoms. The minimum absolute atomic E-state index is 0.00863. The second kappa shape index (κ2) is 9.24. The fraction of sp³-hybridized carbons (Fsp3) is 0.550. The van der Waals surface area contributed by atoms with Crippen molar-refractivity contribution in [1.29, 1.82) is 0 Å². The highest BCUT2D eigenvalue weighted by Gasteiger charge is 2.24. The van der Waals surface area contributed by atoms with E-state index in [0.29, 0.717) is 31.4 Å². The van der Waals surface area contributed by atoms with Gasteiger partial charge < -0.3 is 9.64 Å². The van der Waals surface area contributed by atoms with E-state index in [2.05, 4.69) is 6.58 Å². The highest BCUT2D eigenvalue weighted by atomic mass is 32.2. The van der Waals surface area contributed by atoms with Gasteiger partial charge in [-0.15, -0.1) is 11.3 Å². The second-order valence-corrected chi connectivity index (χ2v) is 9.06. The van der Waals surface area contributed by atoms with Gasteiger partial charge in [0.15, 0.2) is 5.16 Å². The number of nitrogens with zero attached hydrogens (tertiary/aromatic N) is 3. The molecule has 0 unspecified atom stereocenters. The number of aromatic nitrogens is 2. The van der Waals surface area contributed by atoms with Crippen LogP contribution in [0.1, 0.15) is 30.7 Å². The van der Waals surface area contributed by atoms with Gasteiger partial charge in [-0.2, -0.15) is 0 Å². The molecule has 0 saturated carbocycles. The van der Waals surface area contributed by atoms with E-state index in [1.165, 1.54) is 22.2 Å². The van der Waals surface area contributed by atoms with Crippen molar-refractivity contribution in [2.75, 3.05) is 32.6 Å². The lowest BCUT2D eigenvalue weighted by Gasteiger charge is -2.21. The number of carbonyl (C=O) groups excluding carboxylic acids is 1. The van der Waals surface area contributed by atoms with Gasteiger partial charge in [0.2, 0.25) is 5.91 Å². The van der Waals surface area contributed by atoms with E-state index in [-0.39, 0.29) is 17.2 Å². The van der Waals surface area contributed by atoms with Gasteiger partial charge in [-0.25, -0.2) is 4.98 Å². The van der Waals surface area contributed by atoms with Crippen molar-refractivity contribution >= 4 is 39.2 Å². The Morgan fingerprint density at radius 3 is 2.89 bits per heavy atom. The van der Waals surface area contributed by atoms with Gasteiger partial charge in [-0.05, 0) is 38.7 Å². The molecule has 28 heavy (non-hydrogen) atoms. The van der Waals surface area contributed by atoms with Crippen LogP contribution in [-0.4, -0.2) is 52.9 Å². The summed E-state index contributed by atoms with van der Waals surface area (Å²) in [6.07, 6.45) is 3.09. The van der Waals surface area contributed by atoms with Gasteiger partial charge in [0.1, 0.15) is 4.83 Å². The number of aryl methyl sites for hydroxylation is 2. The first-order valence-electron chi connectivity index (χ1n) is 9.55. The van der Waals surface area contributed by atoms with E-state index in [0.717, 1.165) is 35.1 Å². The highest BCUT2D eigenvalue weighted by molar-refractivity contribution is 7.99. The first kappa shape index (κ1) is 21.1. The van der Waals surface area contributed by atoms with Crippen LogP contribution in [0.25, 0.3) is 10.2 Å². The number of ether oxygens (including phenoxy) is 1. The van der Waals surface area contributed by atoms with Crippen molar-refractivity contribution in [3.8, 4) is 0 Å². The number of carbonyl (C=O) groups is 1. The van der Waals surface area contributed by atoms with Crippen molar-refractivity contribution in [2.24, 2.45) is 0 Å². The Morgan fingerprint density at radius 1 is 1.43 bits per heavy atom. The number of hydrogen-bond acceptors (Lipinski definition) is 6. The van der Waals surface area contributed by atoms with Gasteiger partial charge in [-0.1, -0.05) is 23.9 Å². The molecule has 0 aliphatic heterocycles. The molecule has 8 heteroatoms. The zero-order chi connectivity index (χ0) is 20.3. The number of likely N-dealkylation sites (N-methyl/N-ethyl adjacent to an activating group) is 1. The Hall–Kier alpha value is -1.64. The molecule has 6 nitrogen and oxygen atoms in total. The Balaban J connectivity index is 1.90. The van der Waals surface area contributed by atoms with Gasteiger partial charge in [-0.3, -0.25) is 14.2 Å². The molecule has 3 rings (SSSR count). The Kier molecular flexibility index (Phi) is 6.95. The molecular weight excluding hydrogens is 394 g/mol. The standard InChI is InChI=1S/C20H27N3O3S2/c1-5-22(11-13(2)3)16(24)12-27-20-21-18-17(14-7-6-8-15(14)28-18)19(25)23(20)9-10-26-4/h2,5-12H2,1,3-4H3. The van der Waals surface area contributed by atoms with E-state index in [1.807, 2.05) is 13.8 Å². The van der Waals surface area contributed by atoms with Gasteiger partial charge in [0, 0.05) is 25.1 Å². The van der Waals surface area contributed by atoms with Crippen molar-refractivity contribution in [3.05, 3.63) is 32.9 Å². The zero-order valence-corrected chi connectivity index (χ0v) is 18.4. The zero-order valence-electron chi connectivity index (χ0n) is 16.7. The molecule has 0 spiro atoms. The van der Waals surface area contributed by atoms with E-state index in [4.69, 9.17) is 9.72 Å². The smallest absolute Gasteiger partial charge is 0.263 e. The average molecular weight is 422 g/mol. The Labute approximate surface area is 173 Å². The second-order valence-electron chi connectivity index (χ2n) is 7.04. The maximum absolute atomic E-state index is 13.2. The van der Waals surface area contributed by atoms with E-state index < -0.39 is 0 Å². The molecule has 152 valence electrons. The van der Waals surface area contributed by atoms with Crippen LogP contribution in [0.15, 0.2) is 22.1 Å². The molecule has 2 heterocycles. The molecule has 0 saturated heterocycles. The summed E-state index contributed by atoms with van der Waals surface area (Å²) in [7, 11) is 1.62. The maximum atomic E-state index is 13.2. The van der Waals surface area contributed by atoms with E-state index in [9.17, 15) is 9.59 Å². The number of methoxy groups -OCH3 is 1. The van der Waals surface area contributed by atoms with Crippen molar-refractivity contribution < 1.29 is 9.53 Å². The van der Waals surface area contributed by atoms with Gasteiger partial charge in [0.05, 0.1) is 24.3 Å². The molecule has 0 fully saturated rings. The van der Waals surface area contributed by atoms with Crippen LogP contribution in [-0.2, 0) is 28.9 Å². The molecule has 0 aromatic carbocycles. The minimum atomic E-state index is -0.00863. The van der Waals surface area contributed by atoms with Crippen LogP contribution < -0.4 is 5.56 Å². The molecule has 0 radical (unpaired) electrons. The van der Waals surface area contributed by atoms with Crippen molar-refractivity contribution in [2.45, 2.75) is 44.8 Å². The fourth-order valence-corrected chi connectivity index (χ4v) is 5.70. The van der Waals surface area contributed by atoms with Gasteiger partial charge in [0.25, 0.3) is 5.56 Å². The third kappa shape index (κ3) is 4.34. The quantitative estimate of drug-likeness (QED) is 0.354. The Morgan fingerprint density at radius 2 is 2.21 bits per heavy atom. The van der Waals surface area contributed by atoms with E-state index >= 15 is 0 Å². The number of fused-ring (bicyclic) bond motifs is 3. The topological polar surface area (TPSA) is 64.4 Å². The van der Waals surface area contributed by atoms with Crippen LogP contribution in [0, 0.1) is 0 Å².